The lowest BCUT2D eigenvalue weighted by molar-refractivity contribution is 0.0940. The normalized spacial score (nSPS) is 12.0. The van der Waals surface area contributed by atoms with Gasteiger partial charge in [-0.15, -0.1) is 0 Å². The Morgan fingerprint density at radius 1 is 1.00 bits per heavy atom. The Balaban J connectivity index is 1.68. The van der Waals surface area contributed by atoms with E-state index < -0.39 is 0 Å². The molecular formula is C24H25N5O. The molecule has 0 saturated heterocycles. The van der Waals surface area contributed by atoms with Crippen LogP contribution in [0.15, 0.2) is 73.1 Å². The van der Waals surface area contributed by atoms with Crippen molar-refractivity contribution >= 4 is 5.91 Å². The molecule has 0 aliphatic rings. The van der Waals surface area contributed by atoms with E-state index >= 15 is 0 Å². The van der Waals surface area contributed by atoms with Gasteiger partial charge in [0.15, 0.2) is 0 Å². The summed E-state index contributed by atoms with van der Waals surface area (Å²) in [5.41, 5.74) is 4.94. The van der Waals surface area contributed by atoms with Crippen LogP contribution in [0.2, 0.25) is 0 Å². The number of aryl methyl sites for hydroxylation is 2. The van der Waals surface area contributed by atoms with Crippen LogP contribution < -0.4 is 5.32 Å². The van der Waals surface area contributed by atoms with Crippen molar-refractivity contribution in [3.8, 4) is 16.9 Å². The number of carbonyl (C=O) groups is 1. The van der Waals surface area contributed by atoms with Crippen LogP contribution in [-0.4, -0.2) is 25.5 Å². The standard InChI is InChI=1S/C24H25N5O/c1-4-28-15-21(18(3)26-28)17(2)25-24(30)22-16-29(20-13-9-6-10-14-20)27-23(22)19-11-7-5-8-12-19/h5-17H,4H2,1-3H3,(H,25,30). The summed E-state index contributed by atoms with van der Waals surface area (Å²) < 4.78 is 3.64. The molecule has 4 rings (SSSR count). The third-order valence-corrected chi connectivity index (χ3v) is 5.15. The number of rotatable bonds is 6. The summed E-state index contributed by atoms with van der Waals surface area (Å²) >= 11 is 0. The molecule has 0 bridgehead atoms. The summed E-state index contributed by atoms with van der Waals surface area (Å²) in [7, 11) is 0. The van der Waals surface area contributed by atoms with Crippen molar-refractivity contribution in [2.75, 3.05) is 0 Å². The number of carbonyl (C=O) groups excluding carboxylic acids is 1. The van der Waals surface area contributed by atoms with Crippen LogP contribution in [0.3, 0.4) is 0 Å². The molecule has 2 aromatic heterocycles. The summed E-state index contributed by atoms with van der Waals surface area (Å²) in [4.78, 5) is 13.3. The summed E-state index contributed by atoms with van der Waals surface area (Å²) in [6.07, 6.45) is 3.79. The van der Waals surface area contributed by atoms with Crippen molar-refractivity contribution < 1.29 is 4.79 Å². The van der Waals surface area contributed by atoms with Gasteiger partial charge in [0.1, 0.15) is 5.69 Å². The van der Waals surface area contributed by atoms with Crippen LogP contribution in [-0.2, 0) is 6.54 Å². The molecule has 0 saturated carbocycles. The van der Waals surface area contributed by atoms with Crippen LogP contribution in [0.25, 0.3) is 16.9 Å². The zero-order valence-electron chi connectivity index (χ0n) is 17.4. The van der Waals surface area contributed by atoms with Crippen molar-refractivity contribution in [3.05, 3.63) is 89.9 Å². The predicted molar refractivity (Wildman–Crippen MR) is 118 cm³/mol. The highest BCUT2D eigenvalue weighted by atomic mass is 16.1. The summed E-state index contributed by atoms with van der Waals surface area (Å²) in [5, 5.41) is 12.3. The Hall–Kier alpha value is -3.67. The average Bonchev–Trinajstić information content (AvgIpc) is 3.39. The van der Waals surface area contributed by atoms with E-state index in [1.165, 1.54) is 0 Å². The molecule has 0 radical (unpaired) electrons. The molecule has 30 heavy (non-hydrogen) atoms. The van der Waals surface area contributed by atoms with Gasteiger partial charge in [-0.25, -0.2) is 4.68 Å². The van der Waals surface area contributed by atoms with Crippen LogP contribution in [0.5, 0.6) is 0 Å². The van der Waals surface area contributed by atoms with E-state index in [0.29, 0.717) is 11.3 Å². The highest BCUT2D eigenvalue weighted by Gasteiger charge is 2.21. The second-order valence-electron chi connectivity index (χ2n) is 7.26. The van der Waals surface area contributed by atoms with Gasteiger partial charge in [-0.1, -0.05) is 48.5 Å². The van der Waals surface area contributed by atoms with Crippen LogP contribution in [0, 0.1) is 6.92 Å². The number of aromatic nitrogens is 4. The number of hydrogen-bond acceptors (Lipinski definition) is 3. The maximum atomic E-state index is 13.3. The Morgan fingerprint density at radius 2 is 1.67 bits per heavy atom. The summed E-state index contributed by atoms with van der Waals surface area (Å²) in [5.74, 6) is -0.160. The Bertz CT molecular complexity index is 1150. The van der Waals surface area contributed by atoms with Crippen LogP contribution in [0.4, 0.5) is 0 Å². The van der Waals surface area contributed by atoms with Gasteiger partial charge in [0, 0.05) is 30.1 Å². The number of hydrogen-bond donors (Lipinski definition) is 1. The van der Waals surface area contributed by atoms with Crippen LogP contribution >= 0.6 is 0 Å². The lowest BCUT2D eigenvalue weighted by Crippen LogP contribution is -2.27. The van der Waals surface area contributed by atoms with E-state index in [2.05, 4.69) is 10.4 Å². The van der Waals surface area contributed by atoms with Gasteiger partial charge in [-0.3, -0.25) is 9.48 Å². The molecule has 152 valence electrons. The molecule has 6 heteroatoms. The minimum absolute atomic E-state index is 0.160. The first-order valence-corrected chi connectivity index (χ1v) is 10.1. The topological polar surface area (TPSA) is 64.7 Å². The molecule has 0 fully saturated rings. The summed E-state index contributed by atoms with van der Waals surface area (Å²) in [6, 6.07) is 19.4. The number of amides is 1. The van der Waals surface area contributed by atoms with E-state index in [9.17, 15) is 4.79 Å². The van der Waals surface area contributed by atoms with Gasteiger partial charge in [-0.05, 0) is 32.9 Å². The van der Waals surface area contributed by atoms with Gasteiger partial charge >= 0.3 is 0 Å². The van der Waals surface area contributed by atoms with Crippen molar-refractivity contribution in [1.82, 2.24) is 24.9 Å². The molecule has 2 heterocycles. The molecule has 4 aromatic rings. The average molecular weight is 399 g/mol. The van der Waals surface area contributed by atoms with E-state index in [1.54, 1.807) is 10.9 Å². The minimum Gasteiger partial charge on any atom is -0.345 e. The number of nitrogens with one attached hydrogen (secondary N) is 1. The predicted octanol–water partition coefficient (Wildman–Crippen LogP) is 4.56. The first kappa shape index (κ1) is 19.6. The van der Waals surface area contributed by atoms with Crippen molar-refractivity contribution in [1.29, 1.82) is 0 Å². The van der Waals surface area contributed by atoms with Gasteiger partial charge in [0.05, 0.1) is 23.0 Å². The maximum Gasteiger partial charge on any atom is 0.255 e. The fourth-order valence-electron chi connectivity index (χ4n) is 3.53. The molecule has 0 spiro atoms. The quantitative estimate of drug-likeness (QED) is 0.517. The monoisotopic (exact) mass is 399 g/mol. The van der Waals surface area contributed by atoms with Gasteiger partial charge in [-0.2, -0.15) is 10.2 Å². The van der Waals surface area contributed by atoms with E-state index in [0.717, 1.165) is 29.1 Å². The highest BCUT2D eigenvalue weighted by molar-refractivity contribution is 6.00. The Kier molecular flexibility index (Phi) is 5.48. The van der Waals surface area contributed by atoms with Gasteiger partial charge in [0.2, 0.25) is 0 Å². The van der Waals surface area contributed by atoms with Crippen molar-refractivity contribution in [2.24, 2.45) is 0 Å². The smallest absolute Gasteiger partial charge is 0.255 e. The minimum atomic E-state index is -0.165. The second kappa shape index (κ2) is 8.37. The zero-order valence-corrected chi connectivity index (χ0v) is 17.4. The second-order valence-corrected chi connectivity index (χ2v) is 7.26. The SMILES string of the molecule is CCn1cc(C(C)NC(=O)c2cn(-c3ccccc3)nc2-c2ccccc2)c(C)n1. The molecule has 1 unspecified atom stereocenters. The molecule has 1 amide bonds. The van der Waals surface area contributed by atoms with E-state index in [-0.39, 0.29) is 11.9 Å². The Morgan fingerprint density at radius 3 is 2.30 bits per heavy atom. The maximum absolute atomic E-state index is 13.3. The number of nitrogens with zero attached hydrogens (tertiary/aromatic N) is 4. The fraction of sp³-hybridized carbons (Fsp3) is 0.208. The molecule has 1 N–H and O–H groups in total. The third kappa shape index (κ3) is 3.89. The molecule has 2 aromatic carbocycles. The first-order chi connectivity index (χ1) is 14.6. The number of para-hydroxylation sites is 1. The third-order valence-electron chi connectivity index (χ3n) is 5.15. The molecule has 0 aliphatic heterocycles. The fourth-order valence-corrected chi connectivity index (χ4v) is 3.53. The molecule has 6 nitrogen and oxygen atoms in total. The Labute approximate surface area is 176 Å². The first-order valence-electron chi connectivity index (χ1n) is 10.1. The van der Waals surface area contributed by atoms with Gasteiger partial charge in [0.25, 0.3) is 5.91 Å². The lowest BCUT2D eigenvalue weighted by Gasteiger charge is -2.13. The molecular weight excluding hydrogens is 374 g/mol. The lowest BCUT2D eigenvalue weighted by atomic mass is 10.1. The van der Waals surface area contributed by atoms with Crippen molar-refractivity contribution in [3.63, 3.8) is 0 Å². The van der Waals surface area contributed by atoms with Crippen molar-refractivity contribution in [2.45, 2.75) is 33.4 Å². The summed E-state index contributed by atoms with van der Waals surface area (Å²) in [6.45, 7) is 6.78. The van der Waals surface area contributed by atoms with Crippen LogP contribution in [0.1, 0.15) is 41.5 Å². The highest BCUT2D eigenvalue weighted by Crippen LogP contribution is 2.25. The zero-order chi connectivity index (χ0) is 21.1. The van der Waals surface area contributed by atoms with E-state index in [4.69, 9.17) is 5.10 Å². The molecule has 1 atom stereocenters. The largest absolute Gasteiger partial charge is 0.345 e. The van der Waals surface area contributed by atoms with E-state index in [1.807, 2.05) is 92.3 Å². The number of benzene rings is 2. The molecule has 0 aliphatic carbocycles. The van der Waals surface area contributed by atoms with Gasteiger partial charge < -0.3 is 5.32 Å².